The van der Waals surface area contributed by atoms with E-state index >= 15 is 0 Å². The molecule has 104 valence electrons. The second-order valence-electron chi connectivity index (χ2n) is 5.59. The van der Waals surface area contributed by atoms with E-state index in [2.05, 4.69) is 10.6 Å². The van der Waals surface area contributed by atoms with Gasteiger partial charge in [-0.3, -0.25) is 4.79 Å². The van der Waals surface area contributed by atoms with Gasteiger partial charge in [0.1, 0.15) is 5.82 Å². The summed E-state index contributed by atoms with van der Waals surface area (Å²) in [5, 5.41) is 6.16. The zero-order valence-electron chi connectivity index (χ0n) is 11.8. The molecule has 0 bridgehead atoms. The van der Waals surface area contributed by atoms with Gasteiger partial charge in [-0.1, -0.05) is 12.1 Å². The Kier molecular flexibility index (Phi) is 3.90. The van der Waals surface area contributed by atoms with Crippen molar-refractivity contribution >= 4 is 5.91 Å². The Morgan fingerprint density at radius 2 is 2.05 bits per heavy atom. The molecule has 0 aliphatic carbocycles. The van der Waals surface area contributed by atoms with Crippen LogP contribution < -0.4 is 10.6 Å². The third-order valence-electron chi connectivity index (χ3n) is 3.82. The van der Waals surface area contributed by atoms with E-state index < -0.39 is 5.54 Å². The van der Waals surface area contributed by atoms with E-state index in [9.17, 15) is 9.18 Å². The summed E-state index contributed by atoms with van der Waals surface area (Å²) in [7, 11) is 0. The van der Waals surface area contributed by atoms with Crippen molar-refractivity contribution in [1.82, 2.24) is 10.6 Å². The number of nitrogens with one attached hydrogen (secondary N) is 2. The molecule has 0 spiro atoms. The fraction of sp³-hybridized carbons (Fsp3) is 0.533. The highest BCUT2D eigenvalue weighted by Gasteiger charge is 2.35. The van der Waals surface area contributed by atoms with Crippen molar-refractivity contribution in [1.29, 1.82) is 0 Å². The van der Waals surface area contributed by atoms with E-state index in [1.54, 1.807) is 26.0 Å². The molecular weight excluding hydrogens is 243 g/mol. The molecule has 0 saturated carbocycles. The van der Waals surface area contributed by atoms with E-state index in [-0.39, 0.29) is 11.7 Å². The Morgan fingerprint density at radius 3 is 2.58 bits per heavy atom. The van der Waals surface area contributed by atoms with Crippen molar-refractivity contribution in [2.75, 3.05) is 6.54 Å². The highest BCUT2D eigenvalue weighted by molar-refractivity contribution is 5.86. The van der Waals surface area contributed by atoms with E-state index in [0.29, 0.717) is 17.7 Å². The van der Waals surface area contributed by atoms with Gasteiger partial charge in [0.05, 0.1) is 5.54 Å². The first-order valence-corrected chi connectivity index (χ1v) is 6.71. The molecule has 2 rings (SSSR count). The van der Waals surface area contributed by atoms with Crippen LogP contribution in [0.2, 0.25) is 0 Å². The molecule has 3 nitrogen and oxygen atoms in total. The van der Waals surface area contributed by atoms with Gasteiger partial charge in [-0.25, -0.2) is 4.39 Å². The van der Waals surface area contributed by atoms with Crippen LogP contribution in [-0.2, 0) is 11.3 Å². The number of carbonyl (C=O) groups is 1. The monoisotopic (exact) mass is 264 g/mol. The normalized spacial score (nSPS) is 22.5. The highest BCUT2D eigenvalue weighted by atomic mass is 19.1. The Balaban J connectivity index is 2.01. The smallest absolute Gasteiger partial charge is 0.240 e. The van der Waals surface area contributed by atoms with Crippen LogP contribution in [0.1, 0.15) is 36.5 Å². The average molecular weight is 264 g/mol. The Labute approximate surface area is 113 Å². The van der Waals surface area contributed by atoms with Crippen molar-refractivity contribution in [2.24, 2.45) is 0 Å². The van der Waals surface area contributed by atoms with Gasteiger partial charge in [-0.2, -0.15) is 0 Å². The van der Waals surface area contributed by atoms with Crippen molar-refractivity contribution < 1.29 is 9.18 Å². The summed E-state index contributed by atoms with van der Waals surface area (Å²) in [6.07, 6.45) is 1.89. The van der Waals surface area contributed by atoms with Crippen molar-refractivity contribution in [2.45, 2.75) is 45.7 Å². The molecule has 1 fully saturated rings. The van der Waals surface area contributed by atoms with Crippen LogP contribution in [0.4, 0.5) is 4.39 Å². The first-order valence-electron chi connectivity index (χ1n) is 6.71. The molecule has 19 heavy (non-hydrogen) atoms. The van der Waals surface area contributed by atoms with Gasteiger partial charge in [0, 0.05) is 6.54 Å². The van der Waals surface area contributed by atoms with Crippen molar-refractivity contribution in [3.8, 4) is 0 Å². The van der Waals surface area contributed by atoms with Crippen LogP contribution in [0.25, 0.3) is 0 Å². The molecule has 1 amide bonds. The van der Waals surface area contributed by atoms with Crippen LogP contribution in [-0.4, -0.2) is 18.0 Å². The number of carbonyl (C=O) groups excluding carboxylic acids is 1. The molecule has 1 aliphatic heterocycles. The van der Waals surface area contributed by atoms with Crippen LogP contribution in [0.5, 0.6) is 0 Å². The summed E-state index contributed by atoms with van der Waals surface area (Å²) in [6.45, 7) is 6.74. The summed E-state index contributed by atoms with van der Waals surface area (Å²) < 4.78 is 13.5. The summed E-state index contributed by atoms with van der Waals surface area (Å²) in [4.78, 5) is 12.1. The minimum Gasteiger partial charge on any atom is -0.350 e. The molecule has 0 radical (unpaired) electrons. The largest absolute Gasteiger partial charge is 0.350 e. The number of aryl methyl sites for hydroxylation is 2. The van der Waals surface area contributed by atoms with Gasteiger partial charge >= 0.3 is 0 Å². The highest BCUT2D eigenvalue weighted by Crippen LogP contribution is 2.19. The minimum absolute atomic E-state index is 0.0182. The number of hydrogen-bond acceptors (Lipinski definition) is 2. The summed E-state index contributed by atoms with van der Waals surface area (Å²) >= 11 is 0. The fourth-order valence-corrected chi connectivity index (χ4v) is 2.60. The van der Waals surface area contributed by atoms with Gasteiger partial charge in [-0.15, -0.1) is 0 Å². The van der Waals surface area contributed by atoms with Crippen LogP contribution in [0.15, 0.2) is 12.1 Å². The maximum Gasteiger partial charge on any atom is 0.240 e. The summed E-state index contributed by atoms with van der Waals surface area (Å²) in [5.74, 6) is -0.149. The zero-order chi connectivity index (χ0) is 14.0. The first kappa shape index (κ1) is 14.0. The molecule has 1 aromatic rings. The van der Waals surface area contributed by atoms with Gasteiger partial charge in [0.15, 0.2) is 0 Å². The van der Waals surface area contributed by atoms with Gasteiger partial charge in [0.2, 0.25) is 5.91 Å². The first-order chi connectivity index (χ1) is 8.92. The molecule has 1 saturated heterocycles. The topological polar surface area (TPSA) is 41.1 Å². The number of amides is 1. The third kappa shape index (κ3) is 2.95. The van der Waals surface area contributed by atoms with Gasteiger partial charge < -0.3 is 10.6 Å². The molecular formula is C15H21FN2O. The molecule has 1 atom stereocenters. The molecule has 1 unspecified atom stereocenters. The molecule has 0 aromatic heterocycles. The van der Waals surface area contributed by atoms with E-state index in [1.807, 2.05) is 6.92 Å². The summed E-state index contributed by atoms with van der Waals surface area (Å²) in [5.41, 5.74) is 1.72. The maximum atomic E-state index is 13.5. The third-order valence-corrected chi connectivity index (χ3v) is 3.82. The van der Waals surface area contributed by atoms with Crippen molar-refractivity contribution in [3.05, 3.63) is 34.6 Å². The van der Waals surface area contributed by atoms with Crippen LogP contribution >= 0.6 is 0 Å². The lowest BCUT2D eigenvalue weighted by molar-refractivity contribution is -0.126. The SMILES string of the molecule is Cc1cc(CNC(=O)C2(C)CCCN2)cc(C)c1F. The lowest BCUT2D eigenvalue weighted by Crippen LogP contribution is -2.50. The predicted molar refractivity (Wildman–Crippen MR) is 73.4 cm³/mol. The fourth-order valence-electron chi connectivity index (χ4n) is 2.60. The Bertz CT molecular complexity index is 470. The van der Waals surface area contributed by atoms with E-state index in [0.717, 1.165) is 24.9 Å². The predicted octanol–water partition coefficient (Wildman–Crippen LogP) is 2.20. The summed E-state index contributed by atoms with van der Waals surface area (Å²) in [6, 6.07) is 3.57. The number of hydrogen-bond donors (Lipinski definition) is 2. The quantitative estimate of drug-likeness (QED) is 0.878. The second-order valence-corrected chi connectivity index (χ2v) is 5.59. The molecule has 4 heteroatoms. The molecule has 2 N–H and O–H groups in total. The van der Waals surface area contributed by atoms with E-state index in [4.69, 9.17) is 0 Å². The van der Waals surface area contributed by atoms with Crippen molar-refractivity contribution in [3.63, 3.8) is 0 Å². The Hall–Kier alpha value is -1.42. The maximum absolute atomic E-state index is 13.5. The molecule has 1 aromatic carbocycles. The minimum atomic E-state index is -0.454. The zero-order valence-corrected chi connectivity index (χ0v) is 11.8. The lowest BCUT2D eigenvalue weighted by atomic mass is 9.99. The van der Waals surface area contributed by atoms with Crippen LogP contribution in [0, 0.1) is 19.7 Å². The number of rotatable bonds is 3. The standard InChI is InChI=1S/C15H21FN2O/c1-10-7-12(8-11(2)13(10)16)9-17-14(19)15(3)5-4-6-18-15/h7-8,18H,4-6,9H2,1-3H3,(H,17,19). The van der Waals surface area contributed by atoms with Gasteiger partial charge in [-0.05, 0) is 56.8 Å². The Morgan fingerprint density at radius 1 is 1.42 bits per heavy atom. The van der Waals surface area contributed by atoms with Gasteiger partial charge in [0.25, 0.3) is 0 Å². The molecule has 1 aliphatic rings. The average Bonchev–Trinajstić information content (AvgIpc) is 2.81. The van der Waals surface area contributed by atoms with Crippen LogP contribution in [0.3, 0.4) is 0 Å². The van der Waals surface area contributed by atoms with E-state index in [1.165, 1.54) is 0 Å². The molecule has 1 heterocycles. The number of halogens is 1. The second kappa shape index (κ2) is 5.29. The number of benzene rings is 1. The lowest BCUT2D eigenvalue weighted by Gasteiger charge is -2.23.